The van der Waals surface area contributed by atoms with E-state index in [0.717, 1.165) is 27.1 Å². The number of carboxylic acids is 1. The Labute approximate surface area is 103 Å². The molecule has 0 amide bonds. The number of thiophene rings is 1. The Kier molecular flexibility index (Phi) is 3.11. The van der Waals surface area contributed by atoms with Crippen LogP contribution in [0.4, 0.5) is 0 Å². The third-order valence-corrected chi connectivity index (χ3v) is 3.81. The lowest BCUT2D eigenvalue weighted by Gasteiger charge is -2.02. The molecular formula is C12H14N2O2S. The van der Waals surface area contributed by atoms with Crippen LogP contribution in [0.5, 0.6) is 0 Å². The fourth-order valence-corrected chi connectivity index (χ4v) is 3.08. The van der Waals surface area contributed by atoms with Gasteiger partial charge in [-0.05, 0) is 18.9 Å². The van der Waals surface area contributed by atoms with Gasteiger partial charge in [-0.3, -0.25) is 0 Å². The van der Waals surface area contributed by atoms with Gasteiger partial charge >= 0.3 is 5.97 Å². The fourth-order valence-electron chi connectivity index (χ4n) is 1.95. The zero-order valence-electron chi connectivity index (χ0n) is 10.1. The monoisotopic (exact) mass is 250 g/mol. The molecule has 0 aromatic carbocycles. The van der Waals surface area contributed by atoms with Crippen LogP contribution in [0.1, 0.15) is 40.6 Å². The minimum atomic E-state index is -0.973. The zero-order valence-corrected chi connectivity index (χ0v) is 10.9. The molecule has 0 spiro atoms. The van der Waals surface area contributed by atoms with Crippen molar-refractivity contribution in [2.45, 2.75) is 33.6 Å². The van der Waals surface area contributed by atoms with Gasteiger partial charge in [-0.1, -0.05) is 13.8 Å². The number of aromatic carboxylic acids is 1. The van der Waals surface area contributed by atoms with Crippen LogP contribution in [0, 0.1) is 6.92 Å². The molecule has 0 atom stereocenters. The topological polar surface area (TPSA) is 63.1 Å². The molecule has 2 aromatic heterocycles. The first kappa shape index (κ1) is 12.0. The molecule has 0 radical (unpaired) electrons. The molecule has 4 nitrogen and oxygen atoms in total. The lowest BCUT2D eigenvalue weighted by Crippen LogP contribution is -2.06. The van der Waals surface area contributed by atoms with Gasteiger partial charge in [0.2, 0.25) is 0 Å². The van der Waals surface area contributed by atoms with Gasteiger partial charge in [-0.25, -0.2) is 14.8 Å². The van der Waals surface area contributed by atoms with Crippen LogP contribution in [0.25, 0.3) is 10.2 Å². The number of carbonyl (C=O) groups is 1. The Morgan fingerprint density at radius 1 is 1.29 bits per heavy atom. The summed E-state index contributed by atoms with van der Waals surface area (Å²) in [5.41, 5.74) is 1.21. The Hall–Kier alpha value is -1.49. The van der Waals surface area contributed by atoms with E-state index in [0.29, 0.717) is 12.2 Å². The van der Waals surface area contributed by atoms with Crippen molar-refractivity contribution in [2.24, 2.45) is 0 Å². The summed E-state index contributed by atoms with van der Waals surface area (Å²) in [6.45, 7) is 5.95. The van der Waals surface area contributed by atoms with Crippen LogP contribution in [-0.4, -0.2) is 21.0 Å². The van der Waals surface area contributed by atoms with Gasteiger partial charge in [0.05, 0.1) is 0 Å². The molecule has 0 fully saturated rings. The van der Waals surface area contributed by atoms with Gasteiger partial charge in [-0.2, -0.15) is 0 Å². The summed E-state index contributed by atoms with van der Waals surface area (Å²) in [6.07, 6.45) is 1.45. The first-order chi connectivity index (χ1) is 8.08. The number of hydrogen-bond acceptors (Lipinski definition) is 4. The van der Waals surface area contributed by atoms with Crippen molar-refractivity contribution in [3.63, 3.8) is 0 Å². The molecule has 0 saturated carbocycles. The van der Waals surface area contributed by atoms with Gasteiger partial charge < -0.3 is 5.11 Å². The average molecular weight is 250 g/mol. The maximum atomic E-state index is 11.3. The summed E-state index contributed by atoms with van der Waals surface area (Å²) in [7, 11) is 0. The van der Waals surface area contributed by atoms with E-state index in [2.05, 4.69) is 9.97 Å². The Morgan fingerprint density at radius 3 is 2.53 bits per heavy atom. The van der Waals surface area contributed by atoms with Crippen LogP contribution in [0.15, 0.2) is 0 Å². The second-order valence-electron chi connectivity index (χ2n) is 3.82. The number of nitrogens with zero attached hydrogens (tertiary/aromatic N) is 2. The molecule has 0 aliphatic carbocycles. The van der Waals surface area contributed by atoms with E-state index in [1.807, 2.05) is 20.8 Å². The smallest absolute Gasteiger partial charge is 0.355 e. The van der Waals surface area contributed by atoms with E-state index >= 15 is 0 Å². The van der Waals surface area contributed by atoms with Crippen molar-refractivity contribution in [3.05, 3.63) is 22.0 Å². The highest BCUT2D eigenvalue weighted by molar-refractivity contribution is 7.18. The summed E-state index contributed by atoms with van der Waals surface area (Å²) in [4.78, 5) is 21.7. The molecule has 17 heavy (non-hydrogen) atoms. The predicted molar refractivity (Wildman–Crippen MR) is 67.9 cm³/mol. The van der Waals surface area contributed by atoms with Crippen LogP contribution >= 0.6 is 11.3 Å². The molecule has 0 bridgehead atoms. The molecule has 0 aliphatic rings. The Balaban J connectivity index is 2.86. The van der Waals surface area contributed by atoms with E-state index in [1.165, 1.54) is 0 Å². The quantitative estimate of drug-likeness (QED) is 0.909. The van der Waals surface area contributed by atoms with Crippen LogP contribution in [0.2, 0.25) is 0 Å². The van der Waals surface area contributed by atoms with E-state index in [-0.39, 0.29) is 5.69 Å². The summed E-state index contributed by atoms with van der Waals surface area (Å²) >= 11 is 1.55. The van der Waals surface area contributed by atoms with Gasteiger partial charge in [0.25, 0.3) is 0 Å². The number of rotatable bonds is 3. The molecule has 2 aromatic rings. The SMILES string of the molecule is CCc1nc(C(=O)O)c2c(CC)c(C)sc2n1. The number of fused-ring (bicyclic) bond motifs is 1. The highest BCUT2D eigenvalue weighted by Gasteiger charge is 2.19. The molecule has 2 rings (SSSR count). The number of carboxylic acid groups (broad SMARTS) is 1. The van der Waals surface area contributed by atoms with Gasteiger partial charge in [0, 0.05) is 16.7 Å². The van der Waals surface area contributed by atoms with Crippen molar-refractivity contribution in [1.29, 1.82) is 0 Å². The summed E-state index contributed by atoms with van der Waals surface area (Å²) in [5.74, 6) is -0.376. The Bertz CT molecular complexity index is 590. The maximum Gasteiger partial charge on any atom is 0.355 e. The summed E-state index contributed by atoms with van der Waals surface area (Å²) < 4.78 is 0. The van der Waals surface area contributed by atoms with Crippen molar-refractivity contribution in [1.82, 2.24) is 9.97 Å². The molecule has 5 heteroatoms. The number of hydrogen-bond donors (Lipinski definition) is 1. The number of aromatic nitrogens is 2. The molecule has 0 aliphatic heterocycles. The standard InChI is InChI=1S/C12H14N2O2S/c1-4-7-6(3)17-11-9(7)10(12(15)16)13-8(5-2)14-11/h4-5H2,1-3H3,(H,15,16). The van der Waals surface area contributed by atoms with Crippen LogP contribution < -0.4 is 0 Å². The lowest BCUT2D eigenvalue weighted by atomic mass is 10.1. The second kappa shape index (κ2) is 4.41. The largest absolute Gasteiger partial charge is 0.476 e. The van der Waals surface area contributed by atoms with Gasteiger partial charge in [0.1, 0.15) is 10.7 Å². The first-order valence-electron chi connectivity index (χ1n) is 5.60. The van der Waals surface area contributed by atoms with E-state index in [9.17, 15) is 9.90 Å². The zero-order chi connectivity index (χ0) is 12.6. The molecule has 1 N–H and O–H groups in total. The second-order valence-corrected chi connectivity index (χ2v) is 5.02. The highest BCUT2D eigenvalue weighted by atomic mass is 32.1. The minimum absolute atomic E-state index is 0.146. The van der Waals surface area contributed by atoms with E-state index < -0.39 is 5.97 Å². The molecule has 2 heterocycles. The molecule has 90 valence electrons. The van der Waals surface area contributed by atoms with Crippen molar-refractivity contribution < 1.29 is 9.90 Å². The van der Waals surface area contributed by atoms with Crippen molar-refractivity contribution >= 4 is 27.5 Å². The predicted octanol–water partition coefficient (Wildman–Crippen LogP) is 2.82. The molecule has 0 unspecified atom stereocenters. The molecular weight excluding hydrogens is 236 g/mol. The minimum Gasteiger partial charge on any atom is -0.476 e. The third-order valence-electron chi connectivity index (χ3n) is 2.77. The first-order valence-corrected chi connectivity index (χ1v) is 6.42. The van der Waals surface area contributed by atoms with Crippen LogP contribution in [-0.2, 0) is 12.8 Å². The third kappa shape index (κ3) is 1.91. The molecule has 0 saturated heterocycles. The summed E-state index contributed by atoms with van der Waals surface area (Å²) in [5, 5.41) is 9.97. The van der Waals surface area contributed by atoms with Crippen LogP contribution in [0.3, 0.4) is 0 Å². The lowest BCUT2D eigenvalue weighted by molar-refractivity contribution is 0.0692. The van der Waals surface area contributed by atoms with Gasteiger partial charge in [0.15, 0.2) is 5.69 Å². The normalized spacial score (nSPS) is 11.0. The Morgan fingerprint density at radius 2 is 2.00 bits per heavy atom. The average Bonchev–Trinajstić information content (AvgIpc) is 2.62. The van der Waals surface area contributed by atoms with E-state index in [1.54, 1.807) is 11.3 Å². The maximum absolute atomic E-state index is 11.3. The highest BCUT2D eigenvalue weighted by Crippen LogP contribution is 2.31. The number of aryl methyl sites for hydroxylation is 3. The van der Waals surface area contributed by atoms with Crippen molar-refractivity contribution in [3.8, 4) is 0 Å². The summed E-state index contributed by atoms with van der Waals surface area (Å²) in [6, 6.07) is 0. The van der Waals surface area contributed by atoms with Gasteiger partial charge in [-0.15, -0.1) is 11.3 Å². The van der Waals surface area contributed by atoms with E-state index in [4.69, 9.17) is 0 Å². The van der Waals surface area contributed by atoms with Crippen molar-refractivity contribution in [2.75, 3.05) is 0 Å². The fraction of sp³-hybridized carbons (Fsp3) is 0.417.